The maximum Gasteiger partial charge on any atom is 0.251 e. The summed E-state index contributed by atoms with van der Waals surface area (Å²) < 4.78 is 11.7. The first-order valence-electron chi connectivity index (χ1n) is 6.18. The van der Waals surface area contributed by atoms with Gasteiger partial charge in [0, 0.05) is 19.3 Å². The lowest BCUT2D eigenvalue weighted by molar-refractivity contribution is -0.138. The third-order valence-corrected chi connectivity index (χ3v) is 3.69. The van der Waals surface area contributed by atoms with E-state index in [1.807, 2.05) is 25.1 Å². The summed E-state index contributed by atoms with van der Waals surface area (Å²) in [4.78, 5) is 10.5. The summed E-state index contributed by atoms with van der Waals surface area (Å²) in [5.74, 6) is 1.54. The normalized spacial score (nSPS) is 21.0. The van der Waals surface area contributed by atoms with Gasteiger partial charge >= 0.3 is 0 Å². The van der Waals surface area contributed by atoms with E-state index in [0.29, 0.717) is 6.42 Å². The molecule has 0 N–H and O–H groups in total. The molecule has 1 heterocycles. The van der Waals surface area contributed by atoms with Crippen LogP contribution in [-0.2, 0) is 4.79 Å². The average molecular weight is 232 g/mol. The van der Waals surface area contributed by atoms with Gasteiger partial charge in [-0.2, -0.15) is 0 Å². The Morgan fingerprint density at radius 3 is 2.76 bits per heavy atom. The van der Waals surface area contributed by atoms with Crippen molar-refractivity contribution in [3.63, 3.8) is 0 Å². The summed E-state index contributed by atoms with van der Waals surface area (Å²) in [7, 11) is 0. The van der Waals surface area contributed by atoms with Crippen LogP contribution in [0.1, 0.15) is 44.1 Å². The van der Waals surface area contributed by atoms with Gasteiger partial charge in [-0.15, -0.1) is 0 Å². The first-order valence-corrected chi connectivity index (χ1v) is 6.18. The van der Waals surface area contributed by atoms with E-state index < -0.39 is 0 Å². The molecule has 0 amide bonds. The molecule has 17 heavy (non-hydrogen) atoms. The lowest BCUT2D eigenvalue weighted by atomic mass is 9.91. The highest BCUT2D eigenvalue weighted by Crippen LogP contribution is 2.48. The van der Waals surface area contributed by atoms with Crippen LogP contribution in [0.5, 0.6) is 11.5 Å². The summed E-state index contributed by atoms with van der Waals surface area (Å²) in [5, 5.41) is 0. The molecule has 3 heteroatoms. The summed E-state index contributed by atoms with van der Waals surface area (Å²) in [6, 6.07) is 5.99. The zero-order chi connectivity index (χ0) is 11.9. The van der Waals surface area contributed by atoms with Crippen molar-refractivity contribution in [2.75, 3.05) is 0 Å². The molecule has 2 aliphatic rings. The van der Waals surface area contributed by atoms with E-state index in [1.54, 1.807) is 0 Å². The molecule has 1 aromatic carbocycles. The number of carbonyl (C=O) groups excluding carboxylic acids is 1. The van der Waals surface area contributed by atoms with Gasteiger partial charge in [0.25, 0.3) is 5.79 Å². The minimum absolute atomic E-state index is 0.236. The van der Waals surface area contributed by atoms with Crippen LogP contribution >= 0.6 is 0 Å². The van der Waals surface area contributed by atoms with E-state index in [4.69, 9.17) is 9.47 Å². The van der Waals surface area contributed by atoms with Crippen molar-refractivity contribution < 1.29 is 14.3 Å². The standard InChI is InChI=1S/C14H16O3/c1-10(5-8-15)11-3-4-12-13(9-11)17-14(16-12)6-2-7-14/h3-4,8-10H,2,5-7H2,1H3. The monoisotopic (exact) mass is 232 g/mol. The Morgan fingerprint density at radius 1 is 1.35 bits per heavy atom. The molecular weight excluding hydrogens is 216 g/mol. The third kappa shape index (κ3) is 1.70. The van der Waals surface area contributed by atoms with E-state index in [-0.39, 0.29) is 11.7 Å². The molecule has 1 unspecified atom stereocenters. The Labute approximate surface area is 101 Å². The minimum Gasteiger partial charge on any atom is -0.448 e. The highest BCUT2D eigenvalue weighted by Gasteiger charge is 2.47. The van der Waals surface area contributed by atoms with Gasteiger partial charge in [-0.3, -0.25) is 0 Å². The number of aldehydes is 1. The van der Waals surface area contributed by atoms with Gasteiger partial charge in [-0.25, -0.2) is 0 Å². The molecule has 90 valence electrons. The molecule has 1 atom stereocenters. The van der Waals surface area contributed by atoms with Crippen LogP contribution in [0, 0.1) is 0 Å². The molecule has 3 rings (SSSR count). The Morgan fingerprint density at radius 2 is 2.12 bits per heavy atom. The second-order valence-corrected chi connectivity index (χ2v) is 4.98. The largest absolute Gasteiger partial charge is 0.448 e. The van der Waals surface area contributed by atoms with Crippen molar-refractivity contribution in [1.82, 2.24) is 0 Å². The lowest BCUT2D eigenvalue weighted by Gasteiger charge is -2.35. The van der Waals surface area contributed by atoms with Crippen LogP contribution in [0.3, 0.4) is 0 Å². The van der Waals surface area contributed by atoms with Gasteiger partial charge in [-0.05, 0) is 30.0 Å². The number of benzene rings is 1. The third-order valence-electron chi connectivity index (χ3n) is 3.69. The molecule has 3 nitrogen and oxygen atoms in total. The van der Waals surface area contributed by atoms with Crippen LogP contribution in [0.2, 0.25) is 0 Å². The van der Waals surface area contributed by atoms with Gasteiger partial charge in [0.15, 0.2) is 11.5 Å². The zero-order valence-electron chi connectivity index (χ0n) is 9.94. The van der Waals surface area contributed by atoms with Crippen molar-refractivity contribution in [2.45, 2.75) is 44.3 Å². The number of fused-ring (bicyclic) bond motifs is 1. The topological polar surface area (TPSA) is 35.5 Å². The van der Waals surface area contributed by atoms with Crippen LogP contribution in [-0.4, -0.2) is 12.1 Å². The predicted octanol–water partition coefficient (Wildman–Crippen LogP) is 3.03. The van der Waals surface area contributed by atoms with Gasteiger partial charge in [0.05, 0.1) is 0 Å². The van der Waals surface area contributed by atoms with Crippen molar-refractivity contribution >= 4 is 6.29 Å². The number of carbonyl (C=O) groups is 1. The smallest absolute Gasteiger partial charge is 0.251 e. The van der Waals surface area contributed by atoms with Crippen molar-refractivity contribution in [1.29, 1.82) is 0 Å². The first kappa shape index (κ1) is 10.6. The molecule has 1 saturated carbocycles. The van der Waals surface area contributed by atoms with E-state index in [1.165, 1.54) is 6.42 Å². The highest BCUT2D eigenvalue weighted by molar-refractivity contribution is 5.53. The maximum atomic E-state index is 10.5. The fourth-order valence-corrected chi connectivity index (χ4v) is 2.37. The lowest BCUT2D eigenvalue weighted by Crippen LogP contribution is -2.45. The highest BCUT2D eigenvalue weighted by atomic mass is 16.7. The molecule has 1 spiro atoms. The summed E-state index contributed by atoms with van der Waals surface area (Å²) in [6.45, 7) is 2.05. The Kier molecular flexibility index (Phi) is 2.35. The quantitative estimate of drug-likeness (QED) is 0.751. The van der Waals surface area contributed by atoms with Gasteiger partial charge in [0.1, 0.15) is 6.29 Å². The van der Waals surface area contributed by atoms with Gasteiger partial charge in [-0.1, -0.05) is 13.0 Å². The van der Waals surface area contributed by atoms with E-state index >= 15 is 0 Å². The Hall–Kier alpha value is -1.51. The average Bonchev–Trinajstić information content (AvgIpc) is 2.67. The van der Waals surface area contributed by atoms with E-state index in [9.17, 15) is 4.79 Å². The van der Waals surface area contributed by atoms with Gasteiger partial charge in [0.2, 0.25) is 0 Å². The van der Waals surface area contributed by atoms with E-state index in [2.05, 4.69) is 0 Å². The zero-order valence-corrected chi connectivity index (χ0v) is 9.94. The minimum atomic E-state index is -0.366. The fraction of sp³-hybridized carbons (Fsp3) is 0.500. The summed E-state index contributed by atoms with van der Waals surface area (Å²) in [5.41, 5.74) is 1.14. The molecule has 1 aromatic rings. The summed E-state index contributed by atoms with van der Waals surface area (Å²) in [6.07, 6.45) is 4.62. The SMILES string of the molecule is CC(CC=O)c1ccc2c(c1)OC1(CCC1)O2. The molecule has 1 fully saturated rings. The molecule has 0 bridgehead atoms. The maximum absolute atomic E-state index is 10.5. The predicted molar refractivity (Wildman–Crippen MR) is 63.4 cm³/mol. The second kappa shape index (κ2) is 3.76. The first-order chi connectivity index (χ1) is 8.22. The molecule has 1 aliphatic heterocycles. The number of rotatable bonds is 3. The Balaban J connectivity index is 1.84. The molecule has 1 aliphatic carbocycles. The van der Waals surface area contributed by atoms with Crippen LogP contribution in [0.15, 0.2) is 18.2 Å². The molecular formula is C14H16O3. The van der Waals surface area contributed by atoms with Crippen molar-refractivity contribution in [3.05, 3.63) is 23.8 Å². The summed E-state index contributed by atoms with van der Waals surface area (Å²) >= 11 is 0. The molecule has 0 aromatic heterocycles. The van der Waals surface area contributed by atoms with Gasteiger partial charge < -0.3 is 14.3 Å². The number of hydrogen-bond acceptors (Lipinski definition) is 3. The van der Waals surface area contributed by atoms with Crippen LogP contribution < -0.4 is 9.47 Å². The molecule has 0 radical (unpaired) electrons. The van der Waals surface area contributed by atoms with Crippen molar-refractivity contribution in [3.8, 4) is 11.5 Å². The number of ether oxygens (including phenoxy) is 2. The van der Waals surface area contributed by atoms with Crippen LogP contribution in [0.25, 0.3) is 0 Å². The second-order valence-electron chi connectivity index (χ2n) is 4.98. The van der Waals surface area contributed by atoms with Crippen molar-refractivity contribution in [2.24, 2.45) is 0 Å². The number of hydrogen-bond donors (Lipinski definition) is 0. The fourth-order valence-electron chi connectivity index (χ4n) is 2.37. The van der Waals surface area contributed by atoms with E-state index in [0.717, 1.165) is 36.2 Å². The molecule has 0 saturated heterocycles. The Bertz CT molecular complexity index is 449. The van der Waals surface area contributed by atoms with Crippen LogP contribution in [0.4, 0.5) is 0 Å².